The van der Waals surface area contributed by atoms with Crippen LogP contribution in [0.1, 0.15) is 18.7 Å². The Hall–Kier alpha value is -1.63. The van der Waals surface area contributed by atoms with Crippen molar-refractivity contribution in [2.24, 2.45) is 11.1 Å². The molecular formula is C11H9ClF3N3O. The predicted molar refractivity (Wildman–Crippen MR) is 61.9 cm³/mol. The second-order valence-electron chi connectivity index (χ2n) is 4.27. The number of halogens is 4. The second-order valence-corrected chi connectivity index (χ2v) is 4.70. The minimum atomic E-state index is -4.47. The summed E-state index contributed by atoms with van der Waals surface area (Å²) < 4.78 is 39.3. The van der Waals surface area contributed by atoms with Gasteiger partial charge in [0.05, 0.1) is 10.4 Å². The van der Waals surface area contributed by atoms with Crippen molar-refractivity contribution in [3.05, 3.63) is 29.3 Å². The first-order valence-corrected chi connectivity index (χ1v) is 5.70. The summed E-state index contributed by atoms with van der Waals surface area (Å²) in [6.45, 7) is 0. The molecule has 1 aliphatic carbocycles. The van der Waals surface area contributed by atoms with Gasteiger partial charge >= 0.3 is 6.18 Å². The van der Waals surface area contributed by atoms with E-state index in [-0.39, 0.29) is 29.3 Å². The molecule has 4 nitrogen and oxygen atoms in total. The van der Waals surface area contributed by atoms with E-state index in [1.54, 1.807) is 0 Å². The van der Waals surface area contributed by atoms with E-state index < -0.39 is 17.5 Å². The summed E-state index contributed by atoms with van der Waals surface area (Å²) in [7, 11) is 0. The lowest BCUT2D eigenvalue weighted by Crippen LogP contribution is -2.27. The largest absolute Gasteiger partial charge is 0.398 e. The molecule has 0 atom stereocenters. The standard InChI is InChI=1S/C11H9ClF3N3O/c12-6-4-17-9(18-5-6)7(3-8(16)19)10(1-2-10)11(13,14)15/h3-5H,1-2H2,(H2,16,19)/b7-3+. The number of aromatic nitrogens is 2. The van der Waals surface area contributed by atoms with Crippen LogP contribution in [0.2, 0.25) is 5.02 Å². The van der Waals surface area contributed by atoms with E-state index in [9.17, 15) is 18.0 Å². The number of hydrogen-bond acceptors (Lipinski definition) is 3. The van der Waals surface area contributed by atoms with Gasteiger partial charge in [-0.3, -0.25) is 4.79 Å². The van der Waals surface area contributed by atoms with Crippen LogP contribution < -0.4 is 5.73 Å². The third-order valence-corrected chi connectivity index (χ3v) is 3.15. The monoisotopic (exact) mass is 291 g/mol. The molecule has 2 rings (SSSR count). The van der Waals surface area contributed by atoms with Crippen LogP contribution in [-0.4, -0.2) is 22.1 Å². The number of nitrogens with two attached hydrogens (primary N) is 1. The lowest BCUT2D eigenvalue weighted by molar-refractivity contribution is -0.168. The number of alkyl halides is 3. The first kappa shape index (κ1) is 13.8. The van der Waals surface area contributed by atoms with Crippen molar-refractivity contribution < 1.29 is 18.0 Å². The summed E-state index contributed by atoms with van der Waals surface area (Å²) in [6, 6.07) is 0. The maximum Gasteiger partial charge on any atom is 0.398 e. The van der Waals surface area contributed by atoms with E-state index in [2.05, 4.69) is 9.97 Å². The lowest BCUT2D eigenvalue weighted by Gasteiger charge is -2.21. The molecule has 8 heteroatoms. The molecule has 1 aromatic rings. The number of hydrogen-bond donors (Lipinski definition) is 1. The molecule has 1 fully saturated rings. The van der Waals surface area contributed by atoms with Crippen molar-refractivity contribution in [2.45, 2.75) is 19.0 Å². The number of allylic oxidation sites excluding steroid dienone is 1. The van der Waals surface area contributed by atoms with Gasteiger partial charge in [0, 0.05) is 24.0 Å². The first-order valence-electron chi connectivity index (χ1n) is 5.32. The molecule has 1 amide bonds. The van der Waals surface area contributed by atoms with Crippen molar-refractivity contribution in [3.63, 3.8) is 0 Å². The molecule has 1 heterocycles. The molecule has 102 valence electrons. The Morgan fingerprint density at radius 1 is 1.37 bits per heavy atom. The molecule has 19 heavy (non-hydrogen) atoms. The van der Waals surface area contributed by atoms with Crippen LogP contribution in [0.25, 0.3) is 5.57 Å². The highest BCUT2D eigenvalue weighted by Gasteiger charge is 2.66. The van der Waals surface area contributed by atoms with Crippen LogP contribution in [0.15, 0.2) is 18.5 Å². The lowest BCUT2D eigenvalue weighted by atomic mass is 9.93. The third-order valence-electron chi connectivity index (χ3n) is 2.96. The Bertz CT molecular complexity index is 535. The van der Waals surface area contributed by atoms with E-state index in [1.165, 1.54) is 12.4 Å². The fourth-order valence-corrected chi connectivity index (χ4v) is 1.94. The Kier molecular flexibility index (Phi) is 3.25. The van der Waals surface area contributed by atoms with Gasteiger partial charge in [0.2, 0.25) is 5.91 Å². The maximum absolute atomic E-state index is 13.1. The molecular weight excluding hydrogens is 283 g/mol. The Morgan fingerprint density at radius 3 is 2.26 bits per heavy atom. The zero-order chi connectivity index (χ0) is 14.3. The molecule has 0 bridgehead atoms. The van der Waals surface area contributed by atoms with E-state index >= 15 is 0 Å². The van der Waals surface area contributed by atoms with Gasteiger partial charge in [0.25, 0.3) is 0 Å². The van der Waals surface area contributed by atoms with Crippen molar-refractivity contribution in [2.75, 3.05) is 0 Å². The van der Waals surface area contributed by atoms with E-state index in [4.69, 9.17) is 17.3 Å². The molecule has 1 saturated carbocycles. The molecule has 0 saturated heterocycles. The highest BCUT2D eigenvalue weighted by atomic mass is 35.5. The van der Waals surface area contributed by atoms with Crippen molar-refractivity contribution in [3.8, 4) is 0 Å². The van der Waals surface area contributed by atoms with Gasteiger partial charge in [0.1, 0.15) is 0 Å². The summed E-state index contributed by atoms with van der Waals surface area (Å²) in [5.74, 6) is -1.15. The van der Waals surface area contributed by atoms with Crippen molar-refractivity contribution in [1.29, 1.82) is 0 Å². The third kappa shape index (κ3) is 2.56. The molecule has 1 aromatic heterocycles. The summed E-state index contributed by atoms with van der Waals surface area (Å²) in [6.07, 6.45) is -1.61. The van der Waals surface area contributed by atoms with Gasteiger partial charge in [-0.05, 0) is 12.8 Å². The fraction of sp³-hybridized carbons (Fsp3) is 0.364. The van der Waals surface area contributed by atoms with E-state index in [1.807, 2.05) is 0 Å². The van der Waals surface area contributed by atoms with Crippen LogP contribution in [0.4, 0.5) is 13.2 Å². The zero-order valence-electron chi connectivity index (χ0n) is 9.54. The number of amides is 1. The maximum atomic E-state index is 13.1. The summed E-state index contributed by atoms with van der Waals surface area (Å²) in [5, 5.41) is 0.194. The number of primary amides is 1. The van der Waals surface area contributed by atoms with Crippen molar-refractivity contribution in [1.82, 2.24) is 9.97 Å². The van der Waals surface area contributed by atoms with Gasteiger partial charge in [-0.1, -0.05) is 11.6 Å². The van der Waals surface area contributed by atoms with Crippen LogP contribution >= 0.6 is 11.6 Å². The average molecular weight is 292 g/mol. The van der Waals surface area contributed by atoms with Gasteiger partial charge in [-0.2, -0.15) is 13.2 Å². The molecule has 0 unspecified atom stereocenters. The normalized spacial score (nSPS) is 18.2. The molecule has 0 radical (unpaired) electrons. The molecule has 0 aromatic carbocycles. The smallest absolute Gasteiger partial charge is 0.366 e. The predicted octanol–water partition coefficient (Wildman–Crippen LogP) is 2.34. The van der Waals surface area contributed by atoms with Gasteiger partial charge in [-0.15, -0.1) is 0 Å². The van der Waals surface area contributed by atoms with Crippen LogP contribution in [-0.2, 0) is 4.79 Å². The van der Waals surface area contributed by atoms with Gasteiger partial charge < -0.3 is 5.73 Å². The Morgan fingerprint density at radius 2 is 1.89 bits per heavy atom. The quantitative estimate of drug-likeness (QED) is 0.869. The Balaban J connectivity index is 2.50. The van der Waals surface area contributed by atoms with Gasteiger partial charge in [-0.25, -0.2) is 9.97 Å². The topological polar surface area (TPSA) is 68.9 Å². The van der Waals surface area contributed by atoms with E-state index in [0.717, 1.165) is 6.08 Å². The summed E-state index contributed by atoms with van der Waals surface area (Å²) >= 11 is 5.58. The van der Waals surface area contributed by atoms with Crippen LogP contribution in [0, 0.1) is 5.41 Å². The zero-order valence-corrected chi connectivity index (χ0v) is 10.3. The van der Waals surface area contributed by atoms with Crippen LogP contribution in [0.5, 0.6) is 0 Å². The first-order chi connectivity index (χ1) is 8.76. The van der Waals surface area contributed by atoms with Gasteiger partial charge in [0.15, 0.2) is 5.82 Å². The number of carbonyl (C=O) groups is 1. The molecule has 0 spiro atoms. The number of carbonyl (C=O) groups excluding carboxylic acids is 1. The minimum absolute atomic E-state index is 0.110. The molecule has 0 aliphatic heterocycles. The number of nitrogens with zero attached hydrogens (tertiary/aromatic N) is 2. The minimum Gasteiger partial charge on any atom is -0.366 e. The SMILES string of the molecule is NC(=O)/C=C(\c1ncc(Cl)cn1)C1(C(F)(F)F)CC1. The second kappa shape index (κ2) is 4.48. The number of rotatable bonds is 3. The van der Waals surface area contributed by atoms with Crippen molar-refractivity contribution >= 4 is 23.1 Å². The average Bonchev–Trinajstić information content (AvgIpc) is 3.07. The highest BCUT2D eigenvalue weighted by molar-refractivity contribution is 6.30. The Labute approximate surface area is 111 Å². The fourth-order valence-electron chi connectivity index (χ4n) is 1.84. The van der Waals surface area contributed by atoms with Crippen LogP contribution in [0.3, 0.4) is 0 Å². The molecule has 1 aliphatic rings. The summed E-state index contributed by atoms with van der Waals surface area (Å²) in [4.78, 5) is 18.4. The molecule has 2 N–H and O–H groups in total. The highest BCUT2D eigenvalue weighted by Crippen LogP contribution is 2.64. The van der Waals surface area contributed by atoms with E-state index in [0.29, 0.717) is 0 Å². The summed E-state index contributed by atoms with van der Waals surface area (Å²) in [5.41, 5.74) is 2.59.